The normalized spacial score (nSPS) is 11.6. The number of hydrogen-bond donors (Lipinski definition) is 1. The fourth-order valence-electron chi connectivity index (χ4n) is 1.78. The van der Waals surface area contributed by atoms with Gasteiger partial charge in [0, 0.05) is 12.5 Å². The number of halogens is 1. The standard InChI is InChI=1S/C15H21N3O3.ClH/c1-11(16-2)10-14-17-15(21-18-14)8-9-20-13-6-4-12(19-3)5-7-13;/h4-7,11,16H,8-10H2,1-3H3;1H. The molecular formula is C15H22ClN3O3. The van der Waals surface area contributed by atoms with Crippen LogP contribution in [-0.4, -0.2) is 36.9 Å². The number of aromatic nitrogens is 2. The van der Waals surface area contributed by atoms with Crippen LogP contribution in [0, 0.1) is 0 Å². The minimum Gasteiger partial charge on any atom is -0.497 e. The Hall–Kier alpha value is -1.79. The molecule has 122 valence electrons. The van der Waals surface area contributed by atoms with Crippen LogP contribution in [0.2, 0.25) is 0 Å². The van der Waals surface area contributed by atoms with Gasteiger partial charge in [0.25, 0.3) is 0 Å². The molecule has 1 atom stereocenters. The lowest BCUT2D eigenvalue weighted by atomic mass is 10.2. The van der Waals surface area contributed by atoms with Crippen molar-refractivity contribution in [3.05, 3.63) is 36.0 Å². The zero-order valence-corrected chi connectivity index (χ0v) is 13.9. The van der Waals surface area contributed by atoms with Crippen molar-refractivity contribution in [3.63, 3.8) is 0 Å². The van der Waals surface area contributed by atoms with Crippen LogP contribution in [0.3, 0.4) is 0 Å². The van der Waals surface area contributed by atoms with Crippen molar-refractivity contribution in [1.29, 1.82) is 0 Å². The molecule has 0 amide bonds. The number of benzene rings is 1. The van der Waals surface area contributed by atoms with Crippen LogP contribution in [0.15, 0.2) is 28.8 Å². The Morgan fingerprint density at radius 2 is 1.91 bits per heavy atom. The molecule has 2 rings (SSSR count). The summed E-state index contributed by atoms with van der Waals surface area (Å²) in [4.78, 5) is 4.34. The highest BCUT2D eigenvalue weighted by Gasteiger charge is 2.09. The highest BCUT2D eigenvalue weighted by molar-refractivity contribution is 5.85. The highest BCUT2D eigenvalue weighted by atomic mass is 35.5. The molecule has 1 unspecified atom stereocenters. The van der Waals surface area contributed by atoms with Crippen molar-refractivity contribution in [3.8, 4) is 11.5 Å². The van der Waals surface area contributed by atoms with Crippen molar-refractivity contribution in [2.24, 2.45) is 0 Å². The molecule has 2 aromatic rings. The van der Waals surface area contributed by atoms with E-state index in [4.69, 9.17) is 14.0 Å². The van der Waals surface area contributed by atoms with Crippen LogP contribution in [0.5, 0.6) is 11.5 Å². The molecular weight excluding hydrogens is 306 g/mol. The van der Waals surface area contributed by atoms with E-state index in [2.05, 4.69) is 22.4 Å². The quantitative estimate of drug-likeness (QED) is 0.802. The Bertz CT molecular complexity index is 545. The van der Waals surface area contributed by atoms with E-state index < -0.39 is 0 Å². The van der Waals surface area contributed by atoms with Crippen LogP contribution < -0.4 is 14.8 Å². The number of methoxy groups -OCH3 is 1. The number of likely N-dealkylation sites (N-methyl/N-ethyl adjacent to an activating group) is 1. The second-order valence-electron chi connectivity index (χ2n) is 4.77. The van der Waals surface area contributed by atoms with Gasteiger partial charge in [0.2, 0.25) is 5.89 Å². The molecule has 1 aromatic carbocycles. The van der Waals surface area contributed by atoms with Crippen molar-refractivity contribution in [2.75, 3.05) is 20.8 Å². The molecule has 0 aliphatic heterocycles. The van der Waals surface area contributed by atoms with Gasteiger partial charge in [-0.1, -0.05) is 5.16 Å². The second kappa shape index (κ2) is 9.27. The number of ether oxygens (including phenoxy) is 2. The SMILES string of the molecule is CNC(C)Cc1noc(CCOc2ccc(OC)cc2)n1.Cl. The van der Waals surface area contributed by atoms with E-state index in [9.17, 15) is 0 Å². The first-order valence-corrected chi connectivity index (χ1v) is 6.97. The largest absolute Gasteiger partial charge is 0.497 e. The van der Waals surface area contributed by atoms with Crippen LogP contribution in [0.4, 0.5) is 0 Å². The smallest absolute Gasteiger partial charge is 0.230 e. The van der Waals surface area contributed by atoms with Crippen molar-refractivity contribution in [1.82, 2.24) is 15.5 Å². The fourth-order valence-corrected chi connectivity index (χ4v) is 1.78. The van der Waals surface area contributed by atoms with E-state index in [1.807, 2.05) is 31.3 Å². The van der Waals surface area contributed by atoms with Gasteiger partial charge in [0.05, 0.1) is 20.1 Å². The van der Waals surface area contributed by atoms with Gasteiger partial charge >= 0.3 is 0 Å². The third-order valence-corrected chi connectivity index (χ3v) is 3.14. The van der Waals surface area contributed by atoms with Gasteiger partial charge in [0.15, 0.2) is 5.82 Å². The van der Waals surface area contributed by atoms with Crippen LogP contribution in [0.1, 0.15) is 18.6 Å². The number of nitrogens with zero attached hydrogens (tertiary/aromatic N) is 2. The summed E-state index contributed by atoms with van der Waals surface area (Å²) in [5.74, 6) is 2.92. The average Bonchev–Trinajstić information content (AvgIpc) is 2.95. The maximum absolute atomic E-state index is 5.63. The fraction of sp³-hybridized carbons (Fsp3) is 0.467. The Morgan fingerprint density at radius 1 is 1.23 bits per heavy atom. The molecule has 1 N–H and O–H groups in total. The molecule has 7 heteroatoms. The molecule has 0 saturated carbocycles. The molecule has 0 saturated heterocycles. The Morgan fingerprint density at radius 3 is 2.55 bits per heavy atom. The van der Waals surface area contributed by atoms with Crippen molar-refractivity contribution >= 4 is 12.4 Å². The van der Waals surface area contributed by atoms with Gasteiger partial charge < -0.3 is 19.3 Å². The van der Waals surface area contributed by atoms with Gasteiger partial charge in [-0.3, -0.25) is 0 Å². The van der Waals surface area contributed by atoms with Crippen LogP contribution in [-0.2, 0) is 12.8 Å². The molecule has 6 nitrogen and oxygen atoms in total. The zero-order valence-electron chi connectivity index (χ0n) is 13.0. The van der Waals surface area contributed by atoms with Gasteiger partial charge in [-0.05, 0) is 38.2 Å². The molecule has 0 bridgehead atoms. The summed E-state index contributed by atoms with van der Waals surface area (Å²) < 4.78 is 15.9. The topological polar surface area (TPSA) is 69.4 Å². The predicted octanol–water partition coefficient (Wildman–Crippen LogP) is 2.27. The number of rotatable bonds is 8. The lowest BCUT2D eigenvalue weighted by molar-refractivity contribution is 0.291. The van der Waals surface area contributed by atoms with E-state index in [1.165, 1.54) is 0 Å². The predicted molar refractivity (Wildman–Crippen MR) is 86.0 cm³/mol. The van der Waals surface area contributed by atoms with Crippen molar-refractivity contribution < 1.29 is 14.0 Å². The van der Waals surface area contributed by atoms with Crippen LogP contribution in [0.25, 0.3) is 0 Å². The molecule has 0 radical (unpaired) electrons. The lowest BCUT2D eigenvalue weighted by Crippen LogP contribution is -2.24. The minimum absolute atomic E-state index is 0. The summed E-state index contributed by atoms with van der Waals surface area (Å²) >= 11 is 0. The summed E-state index contributed by atoms with van der Waals surface area (Å²) in [6.45, 7) is 2.57. The van der Waals surface area contributed by atoms with E-state index >= 15 is 0 Å². The van der Waals surface area contributed by atoms with E-state index in [0.29, 0.717) is 25.0 Å². The zero-order chi connectivity index (χ0) is 15.1. The van der Waals surface area contributed by atoms with E-state index in [-0.39, 0.29) is 12.4 Å². The third kappa shape index (κ3) is 5.54. The molecule has 22 heavy (non-hydrogen) atoms. The van der Waals surface area contributed by atoms with Gasteiger partial charge in [0.1, 0.15) is 11.5 Å². The molecule has 0 aliphatic rings. The van der Waals surface area contributed by atoms with Crippen molar-refractivity contribution in [2.45, 2.75) is 25.8 Å². The van der Waals surface area contributed by atoms with Crippen LogP contribution >= 0.6 is 12.4 Å². The maximum Gasteiger partial charge on any atom is 0.230 e. The third-order valence-electron chi connectivity index (χ3n) is 3.14. The maximum atomic E-state index is 5.63. The summed E-state index contributed by atoms with van der Waals surface area (Å²) in [6, 6.07) is 7.78. The minimum atomic E-state index is 0. The molecule has 0 aliphatic carbocycles. The summed E-state index contributed by atoms with van der Waals surface area (Å²) in [5.41, 5.74) is 0. The molecule has 1 aromatic heterocycles. The van der Waals surface area contributed by atoms with Gasteiger partial charge in [-0.25, -0.2) is 0 Å². The van der Waals surface area contributed by atoms with E-state index in [0.717, 1.165) is 23.7 Å². The average molecular weight is 328 g/mol. The Kier molecular flexibility index (Phi) is 7.70. The van der Waals surface area contributed by atoms with E-state index in [1.54, 1.807) is 7.11 Å². The Labute approximate surface area is 136 Å². The molecule has 0 fully saturated rings. The first-order valence-electron chi connectivity index (χ1n) is 6.97. The first kappa shape index (κ1) is 18.3. The number of nitrogens with one attached hydrogen (secondary N) is 1. The van der Waals surface area contributed by atoms with Gasteiger partial charge in [-0.2, -0.15) is 4.98 Å². The highest BCUT2D eigenvalue weighted by Crippen LogP contribution is 2.17. The summed E-state index contributed by atoms with van der Waals surface area (Å²) in [5, 5.41) is 7.09. The molecule has 1 heterocycles. The van der Waals surface area contributed by atoms with Gasteiger partial charge in [-0.15, -0.1) is 12.4 Å². The summed E-state index contributed by atoms with van der Waals surface area (Å²) in [6.07, 6.45) is 1.34. The second-order valence-corrected chi connectivity index (χ2v) is 4.77. The Balaban J connectivity index is 0.00000242. The molecule has 0 spiro atoms. The number of hydrogen-bond acceptors (Lipinski definition) is 6. The monoisotopic (exact) mass is 327 g/mol. The summed E-state index contributed by atoms with van der Waals surface area (Å²) in [7, 11) is 3.55. The lowest BCUT2D eigenvalue weighted by Gasteiger charge is -2.05. The first-order chi connectivity index (χ1) is 10.2.